The van der Waals surface area contributed by atoms with Gasteiger partial charge in [-0.05, 0) is 6.07 Å². The molecule has 5 nitrogen and oxygen atoms in total. The van der Waals surface area contributed by atoms with Crippen LogP contribution >= 0.6 is 11.3 Å². The second kappa shape index (κ2) is 3.51. The molecule has 2 heterocycles. The second-order valence-corrected chi connectivity index (χ2v) is 3.30. The van der Waals surface area contributed by atoms with Crippen molar-refractivity contribution in [1.29, 1.82) is 0 Å². The molecule has 70 valence electrons. The lowest BCUT2D eigenvalue weighted by molar-refractivity contribution is 0.0691. The Hall–Kier alpha value is -1.82. The number of hydrogen-bond donors (Lipinski definition) is 1. The van der Waals surface area contributed by atoms with Gasteiger partial charge in [-0.1, -0.05) is 0 Å². The van der Waals surface area contributed by atoms with Crippen LogP contribution in [0.15, 0.2) is 24.0 Å². The average Bonchev–Trinajstić information content (AvgIpc) is 2.68. The molecule has 2 rings (SSSR count). The first-order valence-corrected chi connectivity index (χ1v) is 4.60. The summed E-state index contributed by atoms with van der Waals surface area (Å²) in [5.74, 6) is -1.03. The molecule has 0 fully saturated rings. The third-order valence-electron chi connectivity index (χ3n) is 1.52. The highest BCUT2D eigenvalue weighted by molar-refractivity contribution is 7.13. The van der Waals surface area contributed by atoms with Crippen LogP contribution in [0.1, 0.15) is 10.5 Å². The van der Waals surface area contributed by atoms with E-state index in [4.69, 9.17) is 5.11 Å². The zero-order valence-corrected chi connectivity index (χ0v) is 7.73. The Balaban J connectivity index is 2.39. The minimum Gasteiger partial charge on any atom is -0.476 e. The van der Waals surface area contributed by atoms with Crippen LogP contribution in [0.25, 0.3) is 10.7 Å². The third-order valence-corrected chi connectivity index (χ3v) is 2.39. The van der Waals surface area contributed by atoms with Crippen molar-refractivity contribution in [2.75, 3.05) is 0 Å². The smallest absolute Gasteiger partial charge is 0.355 e. The van der Waals surface area contributed by atoms with Gasteiger partial charge in [-0.15, -0.1) is 11.3 Å². The van der Waals surface area contributed by atoms with Crippen LogP contribution in [0.4, 0.5) is 0 Å². The summed E-state index contributed by atoms with van der Waals surface area (Å²) in [6.07, 6.45) is 2.99. The molecule has 0 bridgehead atoms. The molecule has 2 aromatic heterocycles. The summed E-state index contributed by atoms with van der Waals surface area (Å²) in [4.78, 5) is 22.2. The Morgan fingerprint density at radius 1 is 1.50 bits per heavy atom. The van der Waals surface area contributed by atoms with E-state index in [0.29, 0.717) is 10.7 Å². The molecule has 2 aromatic rings. The van der Waals surface area contributed by atoms with Crippen LogP contribution < -0.4 is 0 Å². The second-order valence-electron chi connectivity index (χ2n) is 2.44. The Morgan fingerprint density at radius 3 is 2.93 bits per heavy atom. The Labute approximate surface area is 83.1 Å². The van der Waals surface area contributed by atoms with Gasteiger partial charge in [-0.25, -0.2) is 19.7 Å². The van der Waals surface area contributed by atoms with Crippen molar-refractivity contribution in [2.24, 2.45) is 0 Å². The quantitative estimate of drug-likeness (QED) is 0.803. The maximum absolute atomic E-state index is 10.6. The highest BCUT2D eigenvalue weighted by atomic mass is 32.1. The van der Waals surface area contributed by atoms with E-state index < -0.39 is 5.97 Å². The van der Waals surface area contributed by atoms with Crippen molar-refractivity contribution in [3.05, 3.63) is 29.7 Å². The van der Waals surface area contributed by atoms with E-state index in [9.17, 15) is 4.79 Å². The zero-order chi connectivity index (χ0) is 9.97. The first-order chi connectivity index (χ1) is 6.77. The van der Waals surface area contributed by atoms with Crippen LogP contribution in [0.3, 0.4) is 0 Å². The molecule has 0 aliphatic carbocycles. The van der Waals surface area contributed by atoms with Crippen molar-refractivity contribution in [2.45, 2.75) is 0 Å². The Kier molecular flexibility index (Phi) is 2.19. The summed E-state index contributed by atoms with van der Waals surface area (Å²) in [5.41, 5.74) is 0.682. The molecule has 6 heteroatoms. The molecule has 0 radical (unpaired) electrons. The summed E-state index contributed by atoms with van der Waals surface area (Å²) in [7, 11) is 0. The van der Waals surface area contributed by atoms with Gasteiger partial charge >= 0.3 is 5.97 Å². The standard InChI is InChI=1S/C8H5N3O2S/c12-8(13)6-3-14-7(11-6)5-1-2-9-4-10-5/h1-4H,(H,12,13). The summed E-state index contributed by atoms with van der Waals surface area (Å²) in [5, 5.41) is 10.7. The van der Waals surface area contributed by atoms with E-state index in [1.165, 1.54) is 23.0 Å². The molecule has 0 spiro atoms. The Bertz CT molecular complexity index is 455. The van der Waals surface area contributed by atoms with Crippen LogP contribution in [0.2, 0.25) is 0 Å². The number of carboxylic acid groups (broad SMARTS) is 1. The number of rotatable bonds is 2. The number of carboxylic acids is 1. The molecule has 0 atom stereocenters. The Morgan fingerprint density at radius 2 is 2.36 bits per heavy atom. The van der Waals surface area contributed by atoms with Gasteiger partial charge in [-0.2, -0.15) is 0 Å². The van der Waals surface area contributed by atoms with Gasteiger partial charge in [0, 0.05) is 11.6 Å². The fourth-order valence-corrected chi connectivity index (χ4v) is 1.68. The highest BCUT2D eigenvalue weighted by Crippen LogP contribution is 2.20. The molecule has 0 amide bonds. The third kappa shape index (κ3) is 1.60. The van der Waals surface area contributed by atoms with E-state index in [0.717, 1.165) is 0 Å². The molecule has 0 aliphatic rings. The SMILES string of the molecule is O=C(O)c1csc(-c2ccncn2)n1. The van der Waals surface area contributed by atoms with Gasteiger partial charge < -0.3 is 5.11 Å². The summed E-state index contributed by atoms with van der Waals surface area (Å²) >= 11 is 1.25. The van der Waals surface area contributed by atoms with Gasteiger partial charge in [0.25, 0.3) is 0 Å². The van der Waals surface area contributed by atoms with Gasteiger partial charge in [0.05, 0.1) is 0 Å². The number of carbonyl (C=O) groups is 1. The number of thiazole rings is 1. The summed E-state index contributed by atoms with van der Waals surface area (Å²) in [6.45, 7) is 0. The molecule has 0 unspecified atom stereocenters. The van der Waals surface area contributed by atoms with E-state index in [1.807, 2.05) is 0 Å². The first kappa shape index (κ1) is 8.76. The minimum atomic E-state index is -1.03. The highest BCUT2D eigenvalue weighted by Gasteiger charge is 2.10. The monoisotopic (exact) mass is 207 g/mol. The normalized spacial score (nSPS) is 10.0. The molecular weight excluding hydrogens is 202 g/mol. The van der Waals surface area contributed by atoms with Crippen molar-refractivity contribution in [3.8, 4) is 10.7 Å². The maximum Gasteiger partial charge on any atom is 0.355 e. The largest absolute Gasteiger partial charge is 0.476 e. The van der Waals surface area contributed by atoms with Crippen LogP contribution in [0, 0.1) is 0 Å². The van der Waals surface area contributed by atoms with E-state index >= 15 is 0 Å². The van der Waals surface area contributed by atoms with E-state index in [2.05, 4.69) is 15.0 Å². The van der Waals surface area contributed by atoms with Gasteiger partial charge in [0.15, 0.2) is 5.69 Å². The lowest BCUT2D eigenvalue weighted by atomic mass is 10.4. The summed E-state index contributed by atoms with van der Waals surface area (Å²) in [6, 6.07) is 1.68. The average molecular weight is 207 g/mol. The molecule has 0 saturated carbocycles. The number of aromatic nitrogens is 3. The van der Waals surface area contributed by atoms with Crippen molar-refractivity contribution < 1.29 is 9.90 Å². The number of hydrogen-bond acceptors (Lipinski definition) is 5. The lowest BCUT2D eigenvalue weighted by Crippen LogP contribution is -1.95. The van der Waals surface area contributed by atoms with Gasteiger partial charge in [0.1, 0.15) is 17.0 Å². The zero-order valence-electron chi connectivity index (χ0n) is 6.91. The molecule has 1 N–H and O–H groups in total. The van der Waals surface area contributed by atoms with Crippen LogP contribution in [-0.4, -0.2) is 26.0 Å². The van der Waals surface area contributed by atoms with E-state index in [-0.39, 0.29) is 5.69 Å². The summed E-state index contributed by atoms with van der Waals surface area (Å²) < 4.78 is 0. The van der Waals surface area contributed by atoms with E-state index in [1.54, 1.807) is 12.3 Å². The molecule has 0 aliphatic heterocycles. The molecule has 0 aromatic carbocycles. The maximum atomic E-state index is 10.6. The van der Waals surface area contributed by atoms with Crippen molar-refractivity contribution in [3.63, 3.8) is 0 Å². The molecule has 0 saturated heterocycles. The number of nitrogens with zero attached hydrogens (tertiary/aromatic N) is 3. The van der Waals surface area contributed by atoms with Crippen molar-refractivity contribution >= 4 is 17.3 Å². The molecule has 14 heavy (non-hydrogen) atoms. The number of aromatic carboxylic acids is 1. The molecular formula is C8H5N3O2S. The van der Waals surface area contributed by atoms with Crippen molar-refractivity contribution in [1.82, 2.24) is 15.0 Å². The fraction of sp³-hybridized carbons (Fsp3) is 0. The predicted molar refractivity (Wildman–Crippen MR) is 50.1 cm³/mol. The van der Waals surface area contributed by atoms with Crippen LogP contribution in [0.5, 0.6) is 0 Å². The van der Waals surface area contributed by atoms with Gasteiger partial charge in [-0.3, -0.25) is 0 Å². The van der Waals surface area contributed by atoms with Crippen LogP contribution in [-0.2, 0) is 0 Å². The lowest BCUT2D eigenvalue weighted by Gasteiger charge is -1.91. The van der Waals surface area contributed by atoms with Gasteiger partial charge in [0.2, 0.25) is 0 Å². The fourth-order valence-electron chi connectivity index (χ4n) is 0.907. The minimum absolute atomic E-state index is 0.0450. The first-order valence-electron chi connectivity index (χ1n) is 3.72. The predicted octanol–water partition coefficient (Wildman–Crippen LogP) is 1.30. The topological polar surface area (TPSA) is 76.0 Å².